The predicted octanol–water partition coefficient (Wildman–Crippen LogP) is 1.93. The Kier molecular flexibility index (Phi) is 2.71. The molecule has 4 heteroatoms. The lowest BCUT2D eigenvalue weighted by atomic mass is 9.88. The van der Waals surface area contributed by atoms with Crippen LogP contribution in [0.4, 0.5) is 0 Å². The van der Waals surface area contributed by atoms with E-state index >= 15 is 0 Å². The van der Waals surface area contributed by atoms with Gasteiger partial charge in [-0.2, -0.15) is 0 Å². The molecule has 2 aromatic rings. The number of fused-ring (bicyclic) bond motifs is 3. The van der Waals surface area contributed by atoms with Crippen LogP contribution >= 0.6 is 0 Å². The predicted molar refractivity (Wildman–Crippen MR) is 71.2 cm³/mol. The summed E-state index contributed by atoms with van der Waals surface area (Å²) in [7, 11) is 1.27. The van der Waals surface area contributed by atoms with E-state index in [9.17, 15) is 9.59 Å². The fourth-order valence-corrected chi connectivity index (χ4v) is 2.52. The molecule has 0 bridgehead atoms. The van der Waals surface area contributed by atoms with Gasteiger partial charge in [0.2, 0.25) is 0 Å². The summed E-state index contributed by atoms with van der Waals surface area (Å²) in [6.45, 7) is 0. The Bertz CT molecular complexity index is 716. The van der Waals surface area contributed by atoms with Crippen molar-refractivity contribution in [1.82, 2.24) is 4.98 Å². The van der Waals surface area contributed by atoms with Gasteiger partial charge in [-0.25, -0.2) is 4.79 Å². The van der Waals surface area contributed by atoms with Gasteiger partial charge in [0.1, 0.15) is 5.56 Å². The van der Waals surface area contributed by atoms with Crippen LogP contribution in [0.15, 0.2) is 35.1 Å². The van der Waals surface area contributed by atoms with Crippen molar-refractivity contribution in [3.05, 3.63) is 57.4 Å². The Balaban J connectivity index is 2.21. The summed E-state index contributed by atoms with van der Waals surface area (Å²) in [5.74, 6) is -0.595. The van der Waals surface area contributed by atoms with Gasteiger partial charge in [0.05, 0.1) is 12.8 Å². The first kappa shape index (κ1) is 11.7. The number of carbonyl (C=O) groups is 1. The zero-order chi connectivity index (χ0) is 13.4. The summed E-state index contributed by atoms with van der Waals surface area (Å²) in [4.78, 5) is 26.3. The van der Waals surface area contributed by atoms with E-state index in [0.717, 1.165) is 29.7 Å². The Morgan fingerprint density at radius 1 is 1.21 bits per heavy atom. The third-order valence-electron chi connectivity index (χ3n) is 3.48. The highest BCUT2D eigenvalue weighted by atomic mass is 16.5. The van der Waals surface area contributed by atoms with Crippen LogP contribution in [-0.2, 0) is 17.6 Å². The fourth-order valence-electron chi connectivity index (χ4n) is 2.52. The lowest BCUT2D eigenvalue weighted by molar-refractivity contribution is 0.0598. The summed E-state index contributed by atoms with van der Waals surface area (Å²) >= 11 is 0. The van der Waals surface area contributed by atoms with Gasteiger partial charge in [-0.05, 0) is 30.0 Å². The quantitative estimate of drug-likeness (QED) is 0.792. The molecule has 1 aliphatic rings. The summed E-state index contributed by atoms with van der Waals surface area (Å²) < 4.78 is 4.62. The van der Waals surface area contributed by atoms with Crippen LogP contribution in [0.2, 0.25) is 0 Å². The third kappa shape index (κ3) is 1.85. The number of H-pyrrole nitrogens is 1. The van der Waals surface area contributed by atoms with Gasteiger partial charge in [-0.15, -0.1) is 0 Å². The molecule has 0 spiro atoms. The second-order valence-electron chi connectivity index (χ2n) is 4.56. The van der Waals surface area contributed by atoms with Crippen LogP contribution in [0, 0.1) is 0 Å². The van der Waals surface area contributed by atoms with E-state index in [0.29, 0.717) is 0 Å². The Labute approximate surface area is 110 Å². The van der Waals surface area contributed by atoms with E-state index in [1.807, 2.05) is 18.2 Å². The fraction of sp³-hybridized carbons (Fsp3) is 0.200. The minimum Gasteiger partial charge on any atom is -0.465 e. The third-order valence-corrected chi connectivity index (χ3v) is 3.48. The number of benzene rings is 1. The average molecular weight is 255 g/mol. The number of rotatable bonds is 1. The van der Waals surface area contributed by atoms with Crippen molar-refractivity contribution >= 4 is 5.97 Å². The highest BCUT2D eigenvalue weighted by molar-refractivity contribution is 5.90. The van der Waals surface area contributed by atoms with E-state index in [-0.39, 0.29) is 5.56 Å². The summed E-state index contributed by atoms with van der Waals surface area (Å²) in [6, 6.07) is 9.63. The number of aromatic nitrogens is 1. The number of pyridine rings is 1. The van der Waals surface area contributed by atoms with Crippen molar-refractivity contribution in [3.63, 3.8) is 0 Å². The molecular weight excluding hydrogens is 242 g/mol. The van der Waals surface area contributed by atoms with Crippen molar-refractivity contribution in [3.8, 4) is 11.3 Å². The molecule has 96 valence electrons. The normalized spacial score (nSPS) is 12.5. The van der Waals surface area contributed by atoms with E-state index in [1.165, 1.54) is 12.7 Å². The van der Waals surface area contributed by atoms with Crippen molar-refractivity contribution in [2.24, 2.45) is 0 Å². The Morgan fingerprint density at radius 3 is 2.74 bits per heavy atom. The number of hydrogen-bond donors (Lipinski definition) is 1. The summed E-state index contributed by atoms with van der Waals surface area (Å²) in [6.07, 6.45) is 1.73. The maximum Gasteiger partial charge on any atom is 0.343 e. The molecule has 0 radical (unpaired) electrons. The Morgan fingerprint density at radius 2 is 1.95 bits per heavy atom. The minimum atomic E-state index is -0.595. The van der Waals surface area contributed by atoms with Crippen LogP contribution in [-0.4, -0.2) is 18.1 Å². The van der Waals surface area contributed by atoms with Crippen LogP contribution in [0.3, 0.4) is 0 Å². The van der Waals surface area contributed by atoms with Crippen molar-refractivity contribution in [2.75, 3.05) is 7.11 Å². The molecule has 1 aromatic heterocycles. The summed E-state index contributed by atoms with van der Waals surface area (Å²) in [5.41, 5.74) is 3.73. The second kappa shape index (κ2) is 4.39. The van der Waals surface area contributed by atoms with Gasteiger partial charge >= 0.3 is 5.97 Å². The molecule has 0 saturated heterocycles. The molecule has 4 nitrogen and oxygen atoms in total. The molecule has 3 rings (SSSR count). The topological polar surface area (TPSA) is 59.2 Å². The molecule has 19 heavy (non-hydrogen) atoms. The van der Waals surface area contributed by atoms with Gasteiger partial charge in [0.15, 0.2) is 0 Å². The van der Waals surface area contributed by atoms with E-state index in [2.05, 4.69) is 15.8 Å². The van der Waals surface area contributed by atoms with Crippen molar-refractivity contribution in [1.29, 1.82) is 0 Å². The molecule has 0 aliphatic heterocycles. The highest BCUT2D eigenvalue weighted by Gasteiger charge is 2.20. The standard InChI is InChI=1S/C15H13NO3/c1-19-15(18)12-8-10-7-6-9-4-2-3-5-11(9)13(10)16-14(12)17/h2-5,8H,6-7H2,1H3,(H,16,17). The van der Waals surface area contributed by atoms with Gasteiger partial charge in [0, 0.05) is 5.56 Å². The van der Waals surface area contributed by atoms with Gasteiger partial charge < -0.3 is 9.72 Å². The zero-order valence-corrected chi connectivity index (χ0v) is 10.5. The van der Waals surface area contributed by atoms with E-state index in [1.54, 1.807) is 6.07 Å². The molecular formula is C15H13NO3. The SMILES string of the molecule is COC(=O)c1cc2c([nH]c1=O)-c1ccccc1CC2. The monoisotopic (exact) mass is 255 g/mol. The molecule has 1 heterocycles. The summed E-state index contributed by atoms with van der Waals surface area (Å²) in [5, 5.41) is 0. The van der Waals surface area contributed by atoms with Gasteiger partial charge in [-0.1, -0.05) is 24.3 Å². The minimum absolute atomic E-state index is 0.0700. The lowest BCUT2D eigenvalue weighted by Gasteiger charge is -2.19. The number of hydrogen-bond acceptors (Lipinski definition) is 3. The number of esters is 1. The Hall–Kier alpha value is -2.36. The van der Waals surface area contributed by atoms with Gasteiger partial charge in [-0.3, -0.25) is 4.79 Å². The molecule has 0 unspecified atom stereocenters. The zero-order valence-electron chi connectivity index (χ0n) is 10.5. The maximum atomic E-state index is 11.9. The molecule has 1 aliphatic carbocycles. The first-order chi connectivity index (χ1) is 9.20. The van der Waals surface area contributed by atoms with Crippen molar-refractivity contribution in [2.45, 2.75) is 12.8 Å². The van der Waals surface area contributed by atoms with Crippen LogP contribution in [0.25, 0.3) is 11.3 Å². The first-order valence-electron chi connectivity index (χ1n) is 6.13. The molecule has 0 fully saturated rings. The number of nitrogens with one attached hydrogen (secondary N) is 1. The largest absolute Gasteiger partial charge is 0.465 e. The van der Waals surface area contributed by atoms with E-state index in [4.69, 9.17) is 0 Å². The number of aromatic amines is 1. The number of carbonyl (C=O) groups excluding carboxylic acids is 1. The smallest absolute Gasteiger partial charge is 0.343 e. The molecule has 0 atom stereocenters. The second-order valence-corrected chi connectivity index (χ2v) is 4.56. The van der Waals surface area contributed by atoms with Crippen molar-refractivity contribution < 1.29 is 9.53 Å². The molecule has 0 amide bonds. The van der Waals surface area contributed by atoms with E-state index < -0.39 is 11.5 Å². The average Bonchev–Trinajstić information content (AvgIpc) is 2.45. The van der Waals surface area contributed by atoms with Crippen LogP contribution in [0.1, 0.15) is 21.5 Å². The molecule has 1 N–H and O–H groups in total. The number of aryl methyl sites for hydroxylation is 2. The number of methoxy groups -OCH3 is 1. The highest BCUT2D eigenvalue weighted by Crippen LogP contribution is 2.31. The molecule has 1 aromatic carbocycles. The first-order valence-corrected chi connectivity index (χ1v) is 6.13. The maximum absolute atomic E-state index is 11.9. The number of ether oxygens (including phenoxy) is 1. The van der Waals surface area contributed by atoms with Crippen LogP contribution < -0.4 is 5.56 Å². The van der Waals surface area contributed by atoms with Gasteiger partial charge in [0.25, 0.3) is 5.56 Å². The van der Waals surface area contributed by atoms with Crippen LogP contribution in [0.5, 0.6) is 0 Å². The molecule has 0 saturated carbocycles. The lowest BCUT2D eigenvalue weighted by Crippen LogP contribution is -2.22.